The van der Waals surface area contributed by atoms with E-state index in [1.54, 1.807) is 30.6 Å². The van der Waals surface area contributed by atoms with E-state index in [4.69, 9.17) is 0 Å². The van der Waals surface area contributed by atoms with E-state index in [0.29, 0.717) is 11.8 Å². The molecule has 0 aliphatic rings. The van der Waals surface area contributed by atoms with Gasteiger partial charge < -0.3 is 4.98 Å². The van der Waals surface area contributed by atoms with Crippen LogP contribution in [0.1, 0.15) is 12.5 Å². The summed E-state index contributed by atoms with van der Waals surface area (Å²) in [6.45, 7) is 1.88. The second-order valence-electron chi connectivity index (χ2n) is 6.44. The van der Waals surface area contributed by atoms with Crippen molar-refractivity contribution < 1.29 is 8.42 Å². The van der Waals surface area contributed by atoms with Crippen molar-refractivity contribution in [3.05, 3.63) is 72.7 Å². The van der Waals surface area contributed by atoms with Crippen LogP contribution in [-0.2, 0) is 16.4 Å². The molecule has 0 saturated carbocycles. The fourth-order valence-corrected chi connectivity index (χ4v) is 4.80. The van der Waals surface area contributed by atoms with E-state index in [9.17, 15) is 8.42 Å². The summed E-state index contributed by atoms with van der Waals surface area (Å²) in [7, 11) is -3.63. The molecule has 2 aromatic carbocycles. The Kier molecular flexibility index (Phi) is 4.22. The number of fused-ring (bicyclic) bond motifs is 2. The van der Waals surface area contributed by atoms with Crippen molar-refractivity contribution in [3.8, 4) is 0 Å². The molecular formula is C20H19N3O2S. The van der Waals surface area contributed by atoms with Crippen LogP contribution >= 0.6 is 0 Å². The highest BCUT2D eigenvalue weighted by molar-refractivity contribution is 7.89. The maximum Gasteiger partial charge on any atom is 0.241 e. The zero-order valence-electron chi connectivity index (χ0n) is 14.3. The zero-order chi connectivity index (χ0) is 18.1. The SMILES string of the molecule is CC(Cc1c[nH]c2ccccc12)NS(=O)(=O)c1cccc2cnccc12. The van der Waals surface area contributed by atoms with E-state index in [1.807, 2.05) is 43.5 Å². The van der Waals surface area contributed by atoms with Crippen molar-refractivity contribution in [2.24, 2.45) is 0 Å². The number of pyridine rings is 1. The van der Waals surface area contributed by atoms with Crippen LogP contribution in [0, 0.1) is 0 Å². The molecule has 0 aliphatic carbocycles. The molecule has 2 aromatic heterocycles. The predicted molar refractivity (Wildman–Crippen MR) is 104 cm³/mol. The molecule has 26 heavy (non-hydrogen) atoms. The first kappa shape index (κ1) is 16.8. The second kappa shape index (κ2) is 6.55. The number of nitrogens with zero attached hydrogens (tertiary/aromatic N) is 1. The Morgan fingerprint density at radius 3 is 2.81 bits per heavy atom. The smallest absolute Gasteiger partial charge is 0.241 e. The number of H-pyrrole nitrogens is 1. The van der Waals surface area contributed by atoms with Gasteiger partial charge in [0.1, 0.15) is 0 Å². The number of nitrogens with one attached hydrogen (secondary N) is 2. The van der Waals surface area contributed by atoms with Crippen LogP contribution < -0.4 is 4.72 Å². The molecule has 0 amide bonds. The fourth-order valence-electron chi connectivity index (χ4n) is 3.33. The van der Waals surface area contributed by atoms with Crippen LogP contribution in [0.4, 0.5) is 0 Å². The van der Waals surface area contributed by atoms with Gasteiger partial charge in [-0.2, -0.15) is 0 Å². The number of aromatic amines is 1. The summed E-state index contributed by atoms with van der Waals surface area (Å²) in [4.78, 5) is 7.57. The third-order valence-electron chi connectivity index (χ3n) is 4.49. The minimum Gasteiger partial charge on any atom is -0.361 e. The first-order valence-corrected chi connectivity index (χ1v) is 9.93. The highest BCUT2D eigenvalue weighted by Gasteiger charge is 2.20. The zero-order valence-corrected chi connectivity index (χ0v) is 15.1. The molecule has 1 atom stereocenters. The average Bonchev–Trinajstić information content (AvgIpc) is 3.03. The first-order chi connectivity index (χ1) is 12.5. The van der Waals surface area contributed by atoms with Crippen molar-refractivity contribution in [3.63, 3.8) is 0 Å². The van der Waals surface area contributed by atoms with Gasteiger partial charge in [0.2, 0.25) is 10.0 Å². The largest absolute Gasteiger partial charge is 0.361 e. The summed E-state index contributed by atoms with van der Waals surface area (Å²) in [5.41, 5.74) is 2.15. The van der Waals surface area contributed by atoms with Crippen LogP contribution in [0.2, 0.25) is 0 Å². The van der Waals surface area contributed by atoms with Crippen molar-refractivity contribution in [1.82, 2.24) is 14.7 Å². The molecule has 0 bridgehead atoms. The summed E-state index contributed by atoms with van der Waals surface area (Å²) in [5, 5.41) is 2.60. The molecule has 2 heterocycles. The van der Waals surface area contributed by atoms with Crippen LogP contribution in [-0.4, -0.2) is 24.4 Å². The number of rotatable bonds is 5. The van der Waals surface area contributed by atoms with Gasteiger partial charge in [-0.05, 0) is 37.1 Å². The van der Waals surface area contributed by atoms with Gasteiger partial charge in [-0.3, -0.25) is 4.98 Å². The molecule has 4 aromatic rings. The maximum atomic E-state index is 12.9. The molecule has 5 nitrogen and oxygen atoms in total. The number of aromatic nitrogens is 2. The highest BCUT2D eigenvalue weighted by Crippen LogP contribution is 2.23. The first-order valence-electron chi connectivity index (χ1n) is 8.45. The summed E-state index contributed by atoms with van der Waals surface area (Å²) in [5.74, 6) is 0. The van der Waals surface area contributed by atoms with E-state index in [2.05, 4.69) is 14.7 Å². The Morgan fingerprint density at radius 1 is 1.08 bits per heavy atom. The number of benzene rings is 2. The van der Waals surface area contributed by atoms with Gasteiger partial charge in [0, 0.05) is 46.3 Å². The summed E-state index contributed by atoms with van der Waals surface area (Å²) < 4.78 is 28.6. The highest BCUT2D eigenvalue weighted by atomic mass is 32.2. The van der Waals surface area contributed by atoms with Gasteiger partial charge in [-0.15, -0.1) is 0 Å². The average molecular weight is 365 g/mol. The Hall–Kier alpha value is -2.70. The molecule has 6 heteroatoms. The summed E-state index contributed by atoms with van der Waals surface area (Å²) in [6, 6.07) is 14.7. The number of para-hydroxylation sites is 1. The molecule has 1 unspecified atom stereocenters. The third kappa shape index (κ3) is 3.09. The summed E-state index contributed by atoms with van der Waals surface area (Å²) >= 11 is 0. The van der Waals surface area contributed by atoms with E-state index >= 15 is 0 Å². The molecule has 0 saturated heterocycles. The van der Waals surface area contributed by atoms with Gasteiger partial charge in [-0.1, -0.05) is 30.3 Å². The quantitative estimate of drug-likeness (QED) is 0.567. The lowest BCUT2D eigenvalue weighted by Gasteiger charge is -2.15. The van der Waals surface area contributed by atoms with Crippen LogP contribution in [0.5, 0.6) is 0 Å². The summed E-state index contributed by atoms with van der Waals surface area (Å²) in [6.07, 6.45) is 5.83. The molecule has 0 fully saturated rings. The molecule has 0 aliphatic heterocycles. The lowest BCUT2D eigenvalue weighted by atomic mass is 10.1. The normalized spacial score (nSPS) is 13.3. The van der Waals surface area contributed by atoms with Crippen molar-refractivity contribution in [2.75, 3.05) is 0 Å². The van der Waals surface area contributed by atoms with Crippen LogP contribution in [0.15, 0.2) is 72.0 Å². The number of hydrogen-bond acceptors (Lipinski definition) is 3. The lowest BCUT2D eigenvalue weighted by molar-refractivity contribution is 0.561. The fraction of sp³-hybridized carbons (Fsp3) is 0.150. The number of sulfonamides is 1. The van der Waals surface area contributed by atoms with Gasteiger partial charge in [0.25, 0.3) is 0 Å². The molecule has 0 spiro atoms. The maximum absolute atomic E-state index is 12.9. The third-order valence-corrected chi connectivity index (χ3v) is 6.14. The van der Waals surface area contributed by atoms with Crippen molar-refractivity contribution in [2.45, 2.75) is 24.3 Å². The van der Waals surface area contributed by atoms with E-state index in [0.717, 1.165) is 21.9 Å². The molecule has 4 rings (SSSR count). The van der Waals surface area contributed by atoms with E-state index in [-0.39, 0.29) is 10.9 Å². The molecular weight excluding hydrogens is 346 g/mol. The van der Waals surface area contributed by atoms with Crippen LogP contribution in [0.3, 0.4) is 0 Å². The lowest BCUT2D eigenvalue weighted by Crippen LogP contribution is -2.34. The van der Waals surface area contributed by atoms with Gasteiger partial charge in [0.15, 0.2) is 0 Å². The van der Waals surface area contributed by atoms with E-state index in [1.165, 1.54) is 0 Å². The Balaban J connectivity index is 1.61. The minimum atomic E-state index is -3.63. The van der Waals surface area contributed by atoms with Gasteiger partial charge in [-0.25, -0.2) is 13.1 Å². The second-order valence-corrected chi connectivity index (χ2v) is 8.12. The Morgan fingerprint density at radius 2 is 1.92 bits per heavy atom. The van der Waals surface area contributed by atoms with Crippen molar-refractivity contribution >= 4 is 31.7 Å². The van der Waals surface area contributed by atoms with Crippen molar-refractivity contribution in [1.29, 1.82) is 0 Å². The topological polar surface area (TPSA) is 74.8 Å². The predicted octanol–water partition coefficient (Wildman–Crippen LogP) is 3.63. The minimum absolute atomic E-state index is 0.240. The van der Waals surface area contributed by atoms with Gasteiger partial charge >= 0.3 is 0 Å². The molecule has 132 valence electrons. The Bertz CT molecular complexity index is 1180. The van der Waals surface area contributed by atoms with Gasteiger partial charge in [0.05, 0.1) is 4.90 Å². The standard InChI is InChI=1S/C20H19N3O2S/c1-14(11-16-13-22-19-7-3-2-6-17(16)19)23-26(24,25)20-8-4-5-15-12-21-10-9-18(15)20/h2-10,12-14,22-23H,11H2,1H3. The Labute approximate surface area is 152 Å². The van der Waals surface area contributed by atoms with E-state index < -0.39 is 10.0 Å². The monoisotopic (exact) mass is 365 g/mol. The number of hydrogen-bond donors (Lipinski definition) is 2. The molecule has 0 radical (unpaired) electrons. The van der Waals surface area contributed by atoms with Crippen LogP contribution in [0.25, 0.3) is 21.7 Å². The molecule has 2 N–H and O–H groups in total.